The summed E-state index contributed by atoms with van der Waals surface area (Å²) in [6.07, 6.45) is 0.369. The van der Waals surface area contributed by atoms with Crippen LogP contribution in [-0.4, -0.2) is 23.7 Å². The molecule has 0 radical (unpaired) electrons. The molecule has 30 heavy (non-hydrogen) atoms. The molecular weight excluding hydrogens is 443 g/mol. The van der Waals surface area contributed by atoms with Crippen LogP contribution in [0.15, 0.2) is 53.1 Å². The van der Waals surface area contributed by atoms with Crippen molar-refractivity contribution in [1.29, 1.82) is 5.26 Å². The van der Waals surface area contributed by atoms with E-state index in [4.69, 9.17) is 27.9 Å². The number of ether oxygens (including phenoxy) is 1. The lowest BCUT2D eigenvalue weighted by Gasteiger charge is -2.18. The number of benzene rings is 2. The van der Waals surface area contributed by atoms with Gasteiger partial charge in [0.15, 0.2) is 5.57 Å². The van der Waals surface area contributed by atoms with Crippen molar-refractivity contribution < 1.29 is 14.3 Å². The number of hydrogen-bond donors (Lipinski definition) is 0. The van der Waals surface area contributed by atoms with Crippen LogP contribution in [0.2, 0.25) is 10.0 Å². The fourth-order valence-electron chi connectivity index (χ4n) is 2.98. The van der Waals surface area contributed by atoms with Gasteiger partial charge in [-0.1, -0.05) is 58.7 Å². The monoisotopic (exact) mass is 460 g/mol. The first kappa shape index (κ1) is 22.2. The molecule has 1 atom stereocenters. The minimum absolute atomic E-state index is 0.132. The molecule has 0 bridgehead atoms. The Morgan fingerprint density at radius 2 is 1.90 bits per heavy atom. The largest absolute Gasteiger partial charge is 0.462 e. The first-order valence-corrected chi connectivity index (χ1v) is 10.8. The summed E-state index contributed by atoms with van der Waals surface area (Å²) in [5.41, 5.74) is 2.26. The number of hydrogen-bond acceptors (Lipinski definition) is 5. The average molecular weight is 461 g/mol. The molecule has 0 saturated carbocycles. The number of esters is 1. The quantitative estimate of drug-likeness (QED) is 0.344. The second kappa shape index (κ2) is 9.57. The van der Waals surface area contributed by atoms with E-state index < -0.39 is 11.2 Å². The Kier molecular flexibility index (Phi) is 7.09. The topological polar surface area (TPSA) is 70.4 Å². The van der Waals surface area contributed by atoms with Crippen LogP contribution in [0.1, 0.15) is 18.1 Å². The number of aryl methyl sites for hydroxylation is 1. The fraction of sp³-hybridized carbons (Fsp3) is 0.227. The Labute approximate surface area is 189 Å². The van der Waals surface area contributed by atoms with Crippen molar-refractivity contribution in [3.05, 3.63) is 74.2 Å². The van der Waals surface area contributed by atoms with Gasteiger partial charge in [0.1, 0.15) is 11.1 Å². The number of anilines is 1. The Balaban J connectivity index is 2.03. The highest BCUT2D eigenvalue weighted by atomic mass is 35.5. The molecule has 1 saturated heterocycles. The van der Waals surface area contributed by atoms with Crippen molar-refractivity contribution in [2.75, 3.05) is 11.5 Å². The Bertz CT molecular complexity index is 1060. The summed E-state index contributed by atoms with van der Waals surface area (Å²) in [5.74, 6) is -0.968. The van der Waals surface area contributed by atoms with E-state index in [0.29, 0.717) is 22.2 Å². The third-order valence-corrected chi connectivity index (χ3v) is 6.46. The summed E-state index contributed by atoms with van der Waals surface area (Å²) in [5, 5.41) is 10.2. The van der Waals surface area contributed by atoms with Crippen molar-refractivity contribution in [3.8, 4) is 6.07 Å². The van der Waals surface area contributed by atoms with E-state index in [1.54, 1.807) is 37.3 Å². The lowest BCUT2D eigenvalue weighted by Crippen LogP contribution is -2.30. The lowest BCUT2D eigenvalue weighted by atomic mass is 10.1. The summed E-state index contributed by atoms with van der Waals surface area (Å²) in [6, 6.07) is 14.4. The van der Waals surface area contributed by atoms with E-state index in [0.717, 1.165) is 11.1 Å². The van der Waals surface area contributed by atoms with E-state index in [9.17, 15) is 14.9 Å². The van der Waals surface area contributed by atoms with Crippen molar-refractivity contribution in [2.24, 2.45) is 0 Å². The molecule has 8 heteroatoms. The molecule has 1 heterocycles. The van der Waals surface area contributed by atoms with Crippen molar-refractivity contribution >= 4 is 52.5 Å². The normalized spacial score (nSPS) is 17.6. The molecule has 2 aromatic carbocycles. The molecule has 1 fully saturated rings. The third-order valence-electron chi connectivity index (χ3n) is 4.46. The molecule has 1 aliphatic rings. The standard InChI is InChI=1S/C22H18Cl2N2O3S/c1-3-29-22(28)16(12-25)21-26(15-7-4-13(2)5-8-15)20(27)19(30-21)11-14-6-9-17(23)18(24)10-14/h4-10,19H,3,11H2,1-2H3/b21-16-. The number of nitrogens with zero attached hydrogens (tertiary/aromatic N) is 2. The van der Waals surface area contributed by atoms with Crippen LogP contribution in [0.25, 0.3) is 0 Å². The number of thioether (sulfide) groups is 1. The number of carbonyl (C=O) groups is 2. The summed E-state index contributed by atoms with van der Waals surface area (Å²) in [6.45, 7) is 3.73. The molecule has 1 aliphatic heterocycles. The predicted molar refractivity (Wildman–Crippen MR) is 119 cm³/mol. The van der Waals surface area contributed by atoms with Gasteiger partial charge in [0.2, 0.25) is 5.91 Å². The molecule has 0 spiro atoms. The molecule has 154 valence electrons. The predicted octanol–water partition coefficient (Wildman–Crippen LogP) is 5.29. The van der Waals surface area contributed by atoms with Gasteiger partial charge in [-0.2, -0.15) is 5.26 Å². The number of carbonyl (C=O) groups excluding carboxylic acids is 2. The van der Waals surface area contributed by atoms with Crippen LogP contribution in [0.3, 0.4) is 0 Å². The highest BCUT2D eigenvalue weighted by Gasteiger charge is 2.41. The Morgan fingerprint density at radius 3 is 2.50 bits per heavy atom. The van der Waals surface area contributed by atoms with Gasteiger partial charge in [0.25, 0.3) is 0 Å². The maximum Gasteiger partial charge on any atom is 0.351 e. The minimum Gasteiger partial charge on any atom is -0.462 e. The summed E-state index contributed by atoms with van der Waals surface area (Å²) >= 11 is 13.3. The highest BCUT2D eigenvalue weighted by Crippen LogP contribution is 2.42. The molecule has 0 N–H and O–H groups in total. The van der Waals surface area contributed by atoms with Gasteiger partial charge in [-0.25, -0.2) is 4.79 Å². The van der Waals surface area contributed by atoms with E-state index in [-0.39, 0.29) is 23.1 Å². The summed E-state index contributed by atoms with van der Waals surface area (Å²) in [7, 11) is 0. The molecule has 1 amide bonds. The van der Waals surface area contributed by atoms with Gasteiger partial charge in [0.05, 0.1) is 21.9 Å². The second-order valence-electron chi connectivity index (χ2n) is 6.58. The van der Waals surface area contributed by atoms with Gasteiger partial charge >= 0.3 is 5.97 Å². The maximum atomic E-state index is 13.3. The van der Waals surface area contributed by atoms with Crippen molar-refractivity contribution in [2.45, 2.75) is 25.5 Å². The van der Waals surface area contributed by atoms with Gasteiger partial charge in [-0.3, -0.25) is 9.69 Å². The van der Waals surface area contributed by atoms with Crippen LogP contribution in [-0.2, 0) is 20.7 Å². The maximum absolute atomic E-state index is 13.3. The molecular formula is C22H18Cl2N2O3S. The van der Waals surface area contributed by atoms with Crippen LogP contribution < -0.4 is 4.90 Å². The number of halogens is 2. The SMILES string of the molecule is CCOC(=O)/C(C#N)=C1\SC(Cc2ccc(Cl)c(Cl)c2)C(=O)N1c1ccc(C)cc1. The third kappa shape index (κ3) is 4.65. The first-order chi connectivity index (χ1) is 14.3. The van der Waals surface area contributed by atoms with Crippen LogP contribution >= 0.6 is 35.0 Å². The van der Waals surface area contributed by atoms with E-state index >= 15 is 0 Å². The van der Waals surface area contributed by atoms with Crippen LogP contribution in [0, 0.1) is 18.3 Å². The molecule has 0 aromatic heterocycles. The number of nitriles is 1. The minimum atomic E-state index is -0.748. The first-order valence-electron chi connectivity index (χ1n) is 9.18. The molecule has 3 rings (SSSR count). The molecule has 1 unspecified atom stereocenters. The van der Waals surface area contributed by atoms with E-state index in [1.165, 1.54) is 16.7 Å². The smallest absolute Gasteiger partial charge is 0.351 e. The number of rotatable bonds is 5. The molecule has 5 nitrogen and oxygen atoms in total. The lowest BCUT2D eigenvalue weighted by molar-refractivity contribution is -0.138. The average Bonchev–Trinajstić information content (AvgIpc) is 3.02. The summed E-state index contributed by atoms with van der Waals surface area (Å²) < 4.78 is 5.03. The zero-order valence-corrected chi connectivity index (χ0v) is 18.6. The van der Waals surface area contributed by atoms with Crippen LogP contribution in [0.5, 0.6) is 0 Å². The second-order valence-corrected chi connectivity index (χ2v) is 8.59. The zero-order valence-electron chi connectivity index (χ0n) is 16.3. The van der Waals surface area contributed by atoms with Crippen molar-refractivity contribution in [1.82, 2.24) is 0 Å². The Morgan fingerprint density at radius 1 is 1.20 bits per heavy atom. The van der Waals surface area contributed by atoms with Gasteiger partial charge < -0.3 is 4.74 Å². The van der Waals surface area contributed by atoms with E-state index in [1.807, 2.05) is 25.1 Å². The van der Waals surface area contributed by atoms with Gasteiger partial charge in [-0.15, -0.1) is 0 Å². The van der Waals surface area contributed by atoms with Crippen molar-refractivity contribution in [3.63, 3.8) is 0 Å². The van der Waals surface area contributed by atoms with Gasteiger partial charge in [-0.05, 0) is 50.1 Å². The summed E-state index contributed by atoms with van der Waals surface area (Å²) in [4.78, 5) is 27.1. The Hall–Kier alpha value is -2.46. The number of amides is 1. The van der Waals surface area contributed by atoms with Crippen LogP contribution in [0.4, 0.5) is 5.69 Å². The van der Waals surface area contributed by atoms with Gasteiger partial charge in [0, 0.05) is 5.69 Å². The highest BCUT2D eigenvalue weighted by molar-refractivity contribution is 8.05. The molecule has 0 aliphatic carbocycles. The zero-order chi connectivity index (χ0) is 21.8. The van der Waals surface area contributed by atoms with E-state index in [2.05, 4.69) is 0 Å². The molecule has 2 aromatic rings. The fourth-order valence-corrected chi connectivity index (χ4v) is 4.60.